The van der Waals surface area contributed by atoms with Gasteiger partial charge in [-0.15, -0.1) is 6.58 Å². The maximum Gasteiger partial charge on any atom is 0.267 e. The number of amidine groups is 1. The van der Waals surface area contributed by atoms with Crippen LogP contribution in [0.4, 0.5) is 5.69 Å². The van der Waals surface area contributed by atoms with Crippen molar-refractivity contribution in [3.05, 3.63) is 83.4 Å². The van der Waals surface area contributed by atoms with E-state index in [0.29, 0.717) is 0 Å². The third-order valence-electron chi connectivity index (χ3n) is 6.62. The van der Waals surface area contributed by atoms with Gasteiger partial charge in [-0.2, -0.15) is 0 Å². The van der Waals surface area contributed by atoms with Crippen LogP contribution in [-0.2, 0) is 11.3 Å². The lowest BCUT2D eigenvalue weighted by Crippen LogP contribution is -2.40. The third kappa shape index (κ3) is 4.18. The first-order valence-electron chi connectivity index (χ1n) is 11.7. The highest BCUT2D eigenvalue weighted by Gasteiger charge is 2.39. The number of amides is 1. The van der Waals surface area contributed by atoms with Crippen molar-refractivity contribution >= 4 is 45.5 Å². The quantitative estimate of drug-likeness (QED) is 0.305. The van der Waals surface area contributed by atoms with E-state index >= 15 is 0 Å². The maximum absolute atomic E-state index is 13.7. The molecule has 4 nitrogen and oxygen atoms in total. The normalized spacial score (nSPS) is 19.8. The topological polar surface area (TPSA) is 37.6 Å². The molecule has 1 aliphatic heterocycles. The molecule has 2 aliphatic rings. The highest BCUT2D eigenvalue weighted by molar-refractivity contribution is 8.18. The molecule has 0 radical (unpaired) electrons. The molecule has 1 aliphatic carbocycles. The summed E-state index contributed by atoms with van der Waals surface area (Å²) in [4.78, 5) is 21.3. The summed E-state index contributed by atoms with van der Waals surface area (Å²) in [5.41, 5.74) is 4.30. The monoisotopic (exact) mass is 455 g/mol. The number of benzene rings is 2. The Balaban J connectivity index is 1.59. The van der Waals surface area contributed by atoms with Crippen LogP contribution in [0.3, 0.4) is 0 Å². The van der Waals surface area contributed by atoms with E-state index in [4.69, 9.17) is 4.99 Å². The Morgan fingerprint density at radius 1 is 1.06 bits per heavy atom. The molecule has 33 heavy (non-hydrogen) atoms. The summed E-state index contributed by atoms with van der Waals surface area (Å²) >= 11 is 1.51. The molecular formula is C28H29N3OS. The van der Waals surface area contributed by atoms with Gasteiger partial charge in [-0.1, -0.05) is 61.7 Å². The summed E-state index contributed by atoms with van der Waals surface area (Å²) < 4.78 is 2.26. The molecule has 2 fully saturated rings. The smallest absolute Gasteiger partial charge is 0.267 e. The molecule has 2 aromatic carbocycles. The molecular weight excluding hydrogens is 426 g/mol. The van der Waals surface area contributed by atoms with E-state index in [1.165, 1.54) is 36.5 Å². The first kappa shape index (κ1) is 21.8. The van der Waals surface area contributed by atoms with Gasteiger partial charge in [0.2, 0.25) is 0 Å². The lowest BCUT2D eigenvalue weighted by molar-refractivity contribution is -0.124. The van der Waals surface area contributed by atoms with Crippen molar-refractivity contribution in [2.75, 3.05) is 0 Å². The zero-order valence-electron chi connectivity index (χ0n) is 19.0. The summed E-state index contributed by atoms with van der Waals surface area (Å²) in [6.45, 7) is 6.79. The summed E-state index contributed by atoms with van der Waals surface area (Å²) in [5, 5.41) is 1.97. The Bertz CT molecular complexity index is 1250. The van der Waals surface area contributed by atoms with Gasteiger partial charge >= 0.3 is 0 Å². The van der Waals surface area contributed by atoms with E-state index in [-0.39, 0.29) is 11.9 Å². The number of carbonyl (C=O) groups is 1. The number of aliphatic imine (C=N–C) groups is 1. The van der Waals surface area contributed by atoms with Crippen molar-refractivity contribution in [3.8, 4) is 0 Å². The van der Waals surface area contributed by atoms with Gasteiger partial charge in [-0.25, -0.2) is 4.99 Å². The number of carbonyl (C=O) groups excluding carboxylic acids is 1. The standard InChI is InChI=1S/C28H29N3OS/c1-3-18-30-20(2)24(23-16-10-11-17-25(23)30)19-26-27(32)31(22-14-8-5-9-15-22)28(33-26)29-21-12-6-4-7-13-21/h3-4,6-7,10-13,16-17,19,22H,1,5,8-9,14-15,18H2,2H3/b26-19+,29-28?. The van der Waals surface area contributed by atoms with Crippen LogP contribution in [0.25, 0.3) is 17.0 Å². The number of allylic oxidation sites excluding steroid dienone is 1. The van der Waals surface area contributed by atoms with Crippen LogP contribution in [0.5, 0.6) is 0 Å². The van der Waals surface area contributed by atoms with Crippen LogP contribution in [-0.4, -0.2) is 26.6 Å². The van der Waals surface area contributed by atoms with E-state index in [1.54, 1.807) is 0 Å². The molecule has 0 spiro atoms. The number of fused-ring (bicyclic) bond motifs is 1. The molecule has 1 saturated heterocycles. The second kappa shape index (κ2) is 9.44. The summed E-state index contributed by atoms with van der Waals surface area (Å²) in [5.74, 6) is 0.0848. The fourth-order valence-corrected chi connectivity index (χ4v) is 6.01. The number of para-hydroxylation sites is 2. The second-order valence-corrected chi connectivity index (χ2v) is 9.73. The van der Waals surface area contributed by atoms with Crippen LogP contribution in [0.15, 0.2) is 77.1 Å². The first-order valence-corrected chi connectivity index (χ1v) is 12.5. The average Bonchev–Trinajstić information content (AvgIpc) is 3.29. The molecule has 1 saturated carbocycles. The molecule has 0 unspecified atom stereocenters. The van der Waals surface area contributed by atoms with Crippen molar-refractivity contribution in [2.24, 2.45) is 4.99 Å². The molecule has 0 atom stereocenters. The van der Waals surface area contributed by atoms with E-state index < -0.39 is 0 Å². The number of rotatable bonds is 5. The van der Waals surface area contributed by atoms with Crippen LogP contribution < -0.4 is 0 Å². The van der Waals surface area contributed by atoms with Gasteiger partial charge in [-0.05, 0) is 55.8 Å². The van der Waals surface area contributed by atoms with E-state index in [2.05, 4.69) is 48.4 Å². The SMILES string of the molecule is C=CCn1c(C)c(/C=C2/SC(=Nc3ccccc3)N(C3CCCCC3)C2=O)c2ccccc21. The Morgan fingerprint density at radius 3 is 2.55 bits per heavy atom. The van der Waals surface area contributed by atoms with E-state index in [1.807, 2.05) is 41.3 Å². The summed E-state index contributed by atoms with van der Waals surface area (Å²) in [7, 11) is 0. The number of hydrogen-bond donors (Lipinski definition) is 0. The van der Waals surface area contributed by atoms with Gasteiger partial charge < -0.3 is 4.57 Å². The minimum Gasteiger partial charge on any atom is -0.340 e. The largest absolute Gasteiger partial charge is 0.340 e. The average molecular weight is 456 g/mol. The Kier molecular flexibility index (Phi) is 6.23. The lowest BCUT2D eigenvalue weighted by atomic mass is 9.94. The van der Waals surface area contributed by atoms with Crippen LogP contribution >= 0.6 is 11.8 Å². The first-order chi connectivity index (χ1) is 16.2. The molecule has 1 amide bonds. The van der Waals surface area contributed by atoms with Crippen molar-refractivity contribution in [2.45, 2.75) is 51.6 Å². The summed E-state index contributed by atoms with van der Waals surface area (Å²) in [6, 6.07) is 18.6. The molecule has 5 rings (SSSR count). The Hall–Kier alpha value is -3.05. The minimum atomic E-state index is 0.0848. The number of aromatic nitrogens is 1. The summed E-state index contributed by atoms with van der Waals surface area (Å²) in [6.07, 6.45) is 9.68. The van der Waals surface area contributed by atoms with Gasteiger partial charge in [0.15, 0.2) is 5.17 Å². The van der Waals surface area contributed by atoms with Crippen molar-refractivity contribution < 1.29 is 4.79 Å². The Labute approximate surface area is 199 Å². The van der Waals surface area contributed by atoms with Crippen molar-refractivity contribution in [1.82, 2.24) is 9.47 Å². The van der Waals surface area contributed by atoms with Crippen LogP contribution in [0, 0.1) is 6.92 Å². The minimum absolute atomic E-state index is 0.0848. The fourth-order valence-electron chi connectivity index (χ4n) is 4.97. The highest BCUT2D eigenvalue weighted by Crippen LogP contribution is 2.40. The predicted molar refractivity (Wildman–Crippen MR) is 140 cm³/mol. The van der Waals surface area contributed by atoms with Crippen LogP contribution in [0.1, 0.15) is 43.4 Å². The molecule has 2 heterocycles. The maximum atomic E-state index is 13.7. The fraction of sp³-hybridized carbons (Fsp3) is 0.286. The van der Waals surface area contributed by atoms with Gasteiger partial charge in [-0.3, -0.25) is 9.69 Å². The van der Waals surface area contributed by atoms with Crippen LogP contribution in [0.2, 0.25) is 0 Å². The van der Waals surface area contributed by atoms with Gasteiger partial charge in [0.25, 0.3) is 5.91 Å². The van der Waals surface area contributed by atoms with Gasteiger partial charge in [0, 0.05) is 34.7 Å². The lowest BCUT2D eigenvalue weighted by Gasteiger charge is -2.30. The number of thioether (sulfide) groups is 1. The highest BCUT2D eigenvalue weighted by atomic mass is 32.2. The van der Waals surface area contributed by atoms with Gasteiger partial charge in [0.1, 0.15) is 0 Å². The molecule has 0 bridgehead atoms. The zero-order valence-corrected chi connectivity index (χ0v) is 19.9. The Morgan fingerprint density at radius 2 is 1.79 bits per heavy atom. The van der Waals surface area contributed by atoms with Gasteiger partial charge in [0.05, 0.1) is 10.6 Å². The predicted octanol–water partition coefficient (Wildman–Crippen LogP) is 7.07. The molecule has 3 aromatic rings. The number of hydrogen-bond acceptors (Lipinski definition) is 3. The molecule has 168 valence electrons. The van der Waals surface area contributed by atoms with Crippen molar-refractivity contribution in [1.29, 1.82) is 0 Å². The molecule has 1 aromatic heterocycles. The van der Waals surface area contributed by atoms with E-state index in [0.717, 1.165) is 51.8 Å². The third-order valence-corrected chi connectivity index (χ3v) is 7.61. The van der Waals surface area contributed by atoms with E-state index in [9.17, 15) is 4.79 Å². The number of nitrogens with zero attached hydrogens (tertiary/aromatic N) is 3. The van der Waals surface area contributed by atoms with Crippen molar-refractivity contribution in [3.63, 3.8) is 0 Å². The second-order valence-electron chi connectivity index (χ2n) is 8.72. The molecule has 0 N–H and O–H groups in total. The molecule has 5 heteroatoms. The zero-order chi connectivity index (χ0) is 22.8.